The fourth-order valence-corrected chi connectivity index (χ4v) is 3.74. The number of nitrogens with one attached hydrogen (secondary N) is 2. The SMILES string of the molecule is CCCC(CCO)Nc1nc(N)nc(C)c1Cc1ccc(CCC(=O)NCC(=O)O)cc1OC. The van der Waals surface area contributed by atoms with Crippen LogP contribution in [0.5, 0.6) is 5.75 Å². The van der Waals surface area contributed by atoms with Crippen LogP contribution < -0.4 is 21.1 Å². The number of nitrogens with zero attached hydrogens (tertiary/aromatic N) is 2. The van der Waals surface area contributed by atoms with Gasteiger partial charge in [0.2, 0.25) is 11.9 Å². The van der Waals surface area contributed by atoms with Crippen molar-refractivity contribution >= 4 is 23.6 Å². The van der Waals surface area contributed by atoms with Crippen molar-refractivity contribution in [3.63, 3.8) is 0 Å². The molecule has 2 aromatic rings. The van der Waals surface area contributed by atoms with Gasteiger partial charge in [0.1, 0.15) is 18.1 Å². The van der Waals surface area contributed by atoms with Crippen molar-refractivity contribution in [3.8, 4) is 5.75 Å². The van der Waals surface area contributed by atoms with Gasteiger partial charge in [0, 0.05) is 36.7 Å². The lowest BCUT2D eigenvalue weighted by molar-refractivity contribution is -0.137. The molecule has 0 aliphatic heterocycles. The van der Waals surface area contributed by atoms with Crippen LogP contribution in [-0.2, 0) is 22.4 Å². The zero-order valence-corrected chi connectivity index (χ0v) is 20.1. The third-order valence-electron chi connectivity index (χ3n) is 5.48. The van der Waals surface area contributed by atoms with Gasteiger partial charge in [0.25, 0.3) is 0 Å². The molecule has 0 spiro atoms. The Balaban J connectivity index is 2.22. The number of nitrogen functional groups attached to an aromatic ring is 1. The molecule has 1 aromatic heterocycles. The summed E-state index contributed by atoms with van der Waals surface area (Å²) in [5.41, 5.74) is 9.40. The van der Waals surface area contributed by atoms with Crippen LogP contribution in [0, 0.1) is 6.92 Å². The number of aliphatic hydroxyl groups is 1. The van der Waals surface area contributed by atoms with Crippen molar-refractivity contribution in [2.24, 2.45) is 0 Å². The van der Waals surface area contributed by atoms with Gasteiger partial charge in [-0.15, -0.1) is 0 Å². The van der Waals surface area contributed by atoms with E-state index < -0.39 is 12.5 Å². The minimum Gasteiger partial charge on any atom is -0.496 e. The van der Waals surface area contributed by atoms with Crippen LogP contribution in [0.1, 0.15) is 55.0 Å². The Morgan fingerprint density at radius 2 is 2.00 bits per heavy atom. The molecule has 10 heteroatoms. The largest absolute Gasteiger partial charge is 0.496 e. The summed E-state index contributed by atoms with van der Waals surface area (Å²) in [4.78, 5) is 31.2. The molecule has 0 aliphatic rings. The number of hydrogen-bond acceptors (Lipinski definition) is 8. The molecule has 186 valence electrons. The first-order valence-corrected chi connectivity index (χ1v) is 11.4. The highest BCUT2D eigenvalue weighted by Crippen LogP contribution is 2.28. The van der Waals surface area contributed by atoms with Gasteiger partial charge in [-0.3, -0.25) is 9.59 Å². The number of anilines is 2. The summed E-state index contributed by atoms with van der Waals surface area (Å²) in [5, 5.41) is 23.9. The molecule has 1 amide bonds. The molecule has 6 N–H and O–H groups in total. The lowest BCUT2D eigenvalue weighted by Crippen LogP contribution is -2.29. The van der Waals surface area contributed by atoms with Gasteiger partial charge in [-0.1, -0.05) is 25.5 Å². The summed E-state index contributed by atoms with van der Waals surface area (Å²) in [7, 11) is 1.59. The normalized spacial score (nSPS) is 11.6. The molecule has 0 fully saturated rings. The number of carboxylic acid groups (broad SMARTS) is 1. The van der Waals surface area contributed by atoms with Crippen LogP contribution in [0.4, 0.5) is 11.8 Å². The molecule has 0 radical (unpaired) electrons. The molecular weight excluding hydrogens is 438 g/mol. The van der Waals surface area contributed by atoms with Crippen molar-refractivity contribution in [1.29, 1.82) is 0 Å². The fraction of sp³-hybridized carbons (Fsp3) is 0.500. The molecule has 10 nitrogen and oxygen atoms in total. The Labute approximate surface area is 200 Å². The van der Waals surface area contributed by atoms with Crippen LogP contribution in [0.2, 0.25) is 0 Å². The van der Waals surface area contributed by atoms with Gasteiger partial charge >= 0.3 is 5.97 Å². The van der Waals surface area contributed by atoms with Gasteiger partial charge in [-0.25, -0.2) is 4.98 Å². The first-order valence-electron chi connectivity index (χ1n) is 11.4. The second kappa shape index (κ2) is 13.3. The van der Waals surface area contributed by atoms with Gasteiger partial charge in [-0.05, 0) is 43.4 Å². The van der Waals surface area contributed by atoms with E-state index in [0.29, 0.717) is 30.8 Å². The predicted octanol–water partition coefficient (Wildman–Crippen LogP) is 2.06. The van der Waals surface area contributed by atoms with E-state index in [4.69, 9.17) is 15.6 Å². The number of carbonyl (C=O) groups is 2. The summed E-state index contributed by atoms with van der Waals surface area (Å²) in [6.45, 7) is 3.67. The fourth-order valence-electron chi connectivity index (χ4n) is 3.74. The van der Waals surface area contributed by atoms with E-state index >= 15 is 0 Å². The van der Waals surface area contributed by atoms with E-state index in [1.807, 2.05) is 25.1 Å². The van der Waals surface area contributed by atoms with Crippen molar-refractivity contribution < 1.29 is 24.5 Å². The van der Waals surface area contributed by atoms with Gasteiger partial charge in [0.05, 0.1) is 7.11 Å². The number of methoxy groups -OCH3 is 1. The maximum atomic E-state index is 11.8. The van der Waals surface area contributed by atoms with Crippen molar-refractivity contribution in [3.05, 3.63) is 40.6 Å². The molecule has 0 bridgehead atoms. The number of aromatic nitrogens is 2. The molecule has 34 heavy (non-hydrogen) atoms. The average molecular weight is 474 g/mol. The van der Waals surface area contributed by atoms with E-state index in [1.54, 1.807) is 7.11 Å². The highest BCUT2D eigenvalue weighted by atomic mass is 16.5. The minimum absolute atomic E-state index is 0.0685. The summed E-state index contributed by atoms with van der Waals surface area (Å²) >= 11 is 0. The number of ether oxygens (including phenoxy) is 1. The van der Waals surface area contributed by atoms with E-state index in [0.717, 1.165) is 35.2 Å². The first-order chi connectivity index (χ1) is 16.3. The van der Waals surface area contributed by atoms with Crippen LogP contribution in [0.15, 0.2) is 18.2 Å². The number of amides is 1. The number of aliphatic hydroxyl groups excluding tert-OH is 1. The Hall–Kier alpha value is -3.40. The van der Waals surface area contributed by atoms with Crippen molar-refractivity contribution in [1.82, 2.24) is 15.3 Å². The Morgan fingerprint density at radius 1 is 1.24 bits per heavy atom. The molecule has 1 aromatic carbocycles. The van der Waals surface area contributed by atoms with Crippen LogP contribution >= 0.6 is 0 Å². The van der Waals surface area contributed by atoms with E-state index in [2.05, 4.69) is 27.5 Å². The number of hydrogen-bond donors (Lipinski definition) is 5. The highest BCUT2D eigenvalue weighted by Gasteiger charge is 2.17. The first kappa shape index (κ1) is 26.8. The number of carbonyl (C=O) groups excluding carboxylic acids is 1. The average Bonchev–Trinajstić information content (AvgIpc) is 2.79. The molecule has 2 rings (SSSR count). The van der Waals surface area contributed by atoms with Gasteiger partial charge in [0.15, 0.2) is 0 Å². The zero-order valence-electron chi connectivity index (χ0n) is 20.1. The summed E-state index contributed by atoms with van der Waals surface area (Å²) in [6, 6.07) is 5.82. The van der Waals surface area contributed by atoms with E-state index in [1.165, 1.54) is 0 Å². The molecule has 1 unspecified atom stereocenters. The maximum Gasteiger partial charge on any atom is 0.322 e. The van der Waals surface area contributed by atoms with E-state index in [-0.39, 0.29) is 30.9 Å². The second-order valence-electron chi connectivity index (χ2n) is 8.13. The lowest BCUT2D eigenvalue weighted by atomic mass is 9.99. The van der Waals surface area contributed by atoms with E-state index in [9.17, 15) is 14.7 Å². The molecular formula is C24H35N5O5. The summed E-state index contributed by atoms with van der Waals surface area (Å²) < 4.78 is 5.61. The number of benzene rings is 1. The number of aliphatic carboxylic acids is 1. The topological polar surface area (TPSA) is 160 Å². The quantitative estimate of drug-likeness (QED) is 0.277. The minimum atomic E-state index is -1.08. The Bertz CT molecular complexity index is 976. The number of carboxylic acids is 1. The number of nitrogens with two attached hydrogens (primary N) is 1. The standard InChI is InChI=1S/C24H35N5O5/c1-4-5-18(10-11-30)28-23-19(15(2)27-24(25)29-23)13-17-8-6-16(12-20(17)34-3)7-9-21(31)26-14-22(32)33/h6,8,12,18,30H,4-5,7,9-11,13-14H2,1-3H3,(H,26,31)(H,32,33)(H3,25,27,28,29). The van der Waals surface area contributed by atoms with Crippen molar-refractivity contribution in [2.75, 3.05) is 31.3 Å². The third kappa shape index (κ3) is 8.18. The summed E-state index contributed by atoms with van der Waals surface area (Å²) in [6.07, 6.45) is 3.61. The van der Waals surface area contributed by atoms with Gasteiger partial charge < -0.3 is 31.3 Å². The monoisotopic (exact) mass is 473 g/mol. The van der Waals surface area contributed by atoms with Gasteiger partial charge in [-0.2, -0.15) is 4.98 Å². The van der Waals surface area contributed by atoms with Crippen LogP contribution in [0.25, 0.3) is 0 Å². The molecule has 0 saturated carbocycles. The molecule has 1 heterocycles. The Kier molecular flexibility index (Phi) is 10.5. The summed E-state index contributed by atoms with van der Waals surface area (Å²) in [5.74, 6) is 0.114. The predicted molar refractivity (Wildman–Crippen MR) is 130 cm³/mol. The third-order valence-corrected chi connectivity index (χ3v) is 5.48. The smallest absolute Gasteiger partial charge is 0.322 e. The molecule has 1 atom stereocenters. The number of rotatable bonds is 14. The lowest BCUT2D eigenvalue weighted by Gasteiger charge is -2.21. The maximum absolute atomic E-state index is 11.8. The van der Waals surface area contributed by atoms with Crippen LogP contribution in [-0.4, -0.2) is 58.4 Å². The molecule has 0 saturated heterocycles. The zero-order chi connectivity index (χ0) is 25.1. The molecule has 0 aliphatic carbocycles. The Morgan fingerprint density at radius 3 is 2.65 bits per heavy atom. The second-order valence-corrected chi connectivity index (χ2v) is 8.13. The van der Waals surface area contributed by atoms with Crippen molar-refractivity contribution in [2.45, 2.75) is 58.4 Å². The highest BCUT2D eigenvalue weighted by molar-refractivity contribution is 5.81. The van der Waals surface area contributed by atoms with Crippen LogP contribution in [0.3, 0.4) is 0 Å². The number of aryl methyl sites for hydroxylation is 2.